The highest BCUT2D eigenvalue weighted by atomic mass is 35.5. The van der Waals surface area contributed by atoms with Gasteiger partial charge in [-0.2, -0.15) is 18.3 Å². The van der Waals surface area contributed by atoms with Crippen LogP contribution in [-0.2, 0) is 17.5 Å². The minimum Gasteiger partial charge on any atom is -0.325 e. The van der Waals surface area contributed by atoms with Crippen molar-refractivity contribution in [2.75, 3.05) is 5.32 Å². The molecule has 0 radical (unpaired) electrons. The molecule has 1 amide bonds. The summed E-state index contributed by atoms with van der Waals surface area (Å²) in [5.74, 6) is -0.527. The Balaban J connectivity index is 2.01. The predicted molar refractivity (Wildman–Crippen MR) is 76.7 cm³/mol. The Hall–Kier alpha value is -2.02. The third-order valence-electron chi connectivity index (χ3n) is 2.96. The number of amides is 1. The molecule has 0 fully saturated rings. The van der Waals surface area contributed by atoms with Crippen molar-refractivity contribution in [3.63, 3.8) is 0 Å². The predicted octanol–water partition coefficient (Wildman–Crippen LogP) is 3.89. The summed E-state index contributed by atoms with van der Waals surface area (Å²) < 4.78 is 39.9. The molecule has 0 aliphatic heterocycles. The summed E-state index contributed by atoms with van der Waals surface area (Å²) >= 11 is 5.84. The fraction of sp³-hybridized carbons (Fsp3) is 0.286. The van der Waals surface area contributed by atoms with Crippen molar-refractivity contribution in [1.29, 1.82) is 0 Å². The molecule has 1 aromatic heterocycles. The third-order valence-corrected chi connectivity index (χ3v) is 3.33. The first-order chi connectivity index (χ1) is 10.3. The Morgan fingerprint density at radius 2 is 2.05 bits per heavy atom. The van der Waals surface area contributed by atoms with Gasteiger partial charge in [0.15, 0.2) is 0 Å². The van der Waals surface area contributed by atoms with Crippen LogP contribution in [0.2, 0.25) is 5.02 Å². The fourth-order valence-electron chi connectivity index (χ4n) is 1.88. The van der Waals surface area contributed by atoms with Crippen molar-refractivity contribution in [1.82, 2.24) is 9.78 Å². The van der Waals surface area contributed by atoms with E-state index in [1.807, 2.05) is 0 Å². The summed E-state index contributed by atoms with van der Waals surface area (Å²) in [7, 11) is 0. The topological polar surface area (TPSA) is 46.9 Å². The molecule has 0 aliphatic carbocycles. The summed E-state index contributed by atoms with van der Waals surface area (Å²) in [5, 5.41) is 6.82. The van der Waals surface area contributed by atoms with Crippen molar-refractivity contribution < 1.29 is 18.0 Å². The van der Waals surface area contributed by atoms with Gasteiger partial charge < -0.3 is 5.32 Å². The number of carbonyl (C=O) groups excluding carboxylic acids is 1. The number of hydrogen-bond donors (Lipinski definition) is 1. The summed E-state index contributed by atoms with van der Waals surface area (Å²) in [6.45, 7) is 1.95. The van der Waals surface area contributed by atoms with Crippen LogP contribution in [0.25, 0.3) is 0 Å². The van der Waals surface area contributed by atoms with Gasteiger partial charge >= 0.3 is 6.18 Å². The van der Waals surface area contributed by atoms with Gasteiger partial charge in [-0.1, -0.05) is 23.7 Å². The highest BCUT2D eigenvalue weighted by Gasteiger charge is 2.33. The van der Waals surface area contributed by atoms with E-state index in [1.165, 1.54) is 22.9 Å². The van der Waals surface area contributed by atoms with E-state index >= 15 is 0 Å². The Morgan fingerprint density at radius 1 is 1.36 bits per heavy atom. The highest BCUT2D eigenvalue weighted by Crippen LogP contribution is 2.34. The van der Waals surface area contributed by atoms with Crippen LogP contribution < -0.4 is 5.32 Å². The van der Waals surface area contributed by atoms with Crippen molar-refractivity contribution >= 4 is 23.2 Å². The second-order valence-corrected chi connectivity index (χ2v) is 5.07. The maximum atomic E-state index is 12.8. The lowest BCUT2D eigenvalue weighted by Crippen LogP contribution is -2.18. The SMILES string of the molecule is Cc1nn(CCC(=O)Nc2ccccc2C(F)(F)F)cc1Cl. The number of aromatic nitrogens is 2. The first kappa shape index (κ1) is 16.4. The highest BCUT2D eigenvalue weighted by molar-refractivity contribution is 6.31. The molecule has 0 bridgehead atoms. The summed E-state index contributed by atoms with van der Waals surface area (Å²) in [6, 6.07) is 4.84. The molecule has 118 valence electrons. The third kappa shape index (κ3) is 4.00. The molecule has 0 saturated heterocycles. The normalized spacial score (nSPS) is 11.5. The van der Waals surface area contributed by atoms with Gasteiger partial charge in [-0.3, -0.25) is 9.48 Å². The van der Waals surface area contributed by atoms with Crippen LogP contribution >= 0.6 is 11.6 Å². The van der Waals surface area contributed by atoms with E-state index in [0.29, 0.717) is 10.7 Å². The minimum absolute atomic E-state index is 0.0103. The quantitative estimate of drug-likeness (QED) is 0.923. The van der Waals surface area contributed by atoms with Crippen molar-refractivity contribution in [2.24, 2.45) is 0 Å². The maximum Gasteiger partial charge on any atom is 0.418 e. The molecular weight excluding hydrogens is 319 g/mol. The number of carbonyl (C=O) groups is 1. The zero-order valence-corrected chi connectivity index (χ0v) is 12.4. The molecule has 2 aromatic rings. The van der Waals surface area contributed by atoms with Gasteiger partial charge in [0, 0.05) is 19.2 Å². The number of rotatable bonds is 4. The molecule has 0 atom stereocenters. The first-order valence-corrected chi connectivity index (χ1v) is 6.81. The van der Waals surface area contributed by atoms with Gasteiger partial charge in [0.05, 0.1) is 22.0 Å². The van der Waals surface area contributed by atoms with E-state index in [0.717, 1.165) is 6.07 Å². The van der Waals surface area contributed by atoms with E-state index in [-0.39, 0.29) is 18.7 Å². The van der Waals surface area contributed by atoms with Crippen LogP contribution in [0.15, 0.2) is 30.5 Å². The van der Waals surface area contributed by atoms with Crippen LogP contribution in [0.1, 0.15) is 17.7 Å². The average molecular weight is 332 g/mol. The minimum atomic E-state index is -4.52. The molecule has 1 heterocycles. The number of anilines is 1. The molecule has 0 spiro atoms. The standard InChI is InChI=1S/C14H13ClF3N3O/c1-9-11(15)8-21(20-9)7-6-13(22)19-12-5-3-2-4-10(12)14(16,17)18/h2-5,8H,6-7H2,1H3,(H,19,22). The maximum absolute atomic E-state index is 12.8. The van der Waals surface area contributed by atoms with E-state index in [2.05, 4.69) is 10.4 Å². The van der Waals surface area contributed by atoms with Crippen molar-refractivity contribution in [2.45, 2.75) is 26.1 Å². The summed E-state index contributed by atoms with van der Waals surface area (Å²) in [6.07, 6.45) is -2.96. The Bertz CT molecular complexity index is 663. The molecule has 8 heteroatoms. The van der Waals surface area contributed by atoms with E-state index in [1.54, 1.807) is 13.1 Å². The van der Waals surface area contributed by atoms with E-state index < -0.39 is 17.6 Å². The van der Waals surface area contributed by atoms with Crippen molar-refractivity contribution in [3.05, 3.63) is 46.7 Å². The monoisotopic (exact) mass is 331 g/mol. The van der Waals surface area contributed by atoms with Crippen LogP contribution in [0.3, 0.4) is 0 Å². The summed E-state index contributed by atoms with van der Waals surface area (Å²) in [4.78, 5) is 11.8. The van der Waals surface area contributed by atoms with Crippen LogP contribution in [0.5, 0.6) is 0 Å². The van der Waals surface area contributed by atoms with Crippen LogP contribution in [-0.4, -0.2) is 15.7 Å². The second-order valence-electron chi connectivity index (χ2n) is 4.67. The zero-order valence-electron chi connectivity index (χ0n) is 11.6. The Labute approximate surface area is 129 Å². The number of nitrogens with one attached hydrogen (secondary N) is 1. The molecule has 1 N–H and O–H groups in total. The van der Waals surface area contributed by atoms with Gasteiger partial charge in [0.1, 0.15) is 0 Å². The number of halogens is 4. The molecule has 0 saturated carbocycles. The smallest absolute Gasteiger partial charge is 0.325 e. The molecule has 0 aliphatic rings. The number of hydrogen-bond acceptors (Lipinski definition) is 2. The number of aryl methyl sites for hydroxylation is 2. The van der Waals surface area contributed by atoms with Gasteiger partial charge in [-0.15, -0.1) is 0 Å². The lowest BCUT2D eigenvalue weighted by molar-refractivity contribution is -0.137. The lowest BCUT2D eigenvalue weighted by Gasteiger charge is -2.13. The molecule has 1 aromatic carbocycles. The lowest BCUT2D eigenvalue weighted by atomic mass is 10.1. The summed E-state index contributed by atoms with van der Waals surface area (Å²) in [5.41, 5.74) is -0.500. The number of benzene rings is 1. The largest absolute Gasteiger partial charge is 0.418 e. The second kappa shape index (κ2) is 6.39. The molecule has 2 rings (SSSR count). The fourth-order valence-corrected chi connectivity index (χ4v) is 2.03. The van der Waals surface area contributed by atoms with Gasteiger partial charge in [-0.25, -0.2) is 0 Å². The van der Waals surface area contributed by atoms with E-state index in [4.69, 9.17) is 11.6 Å². The van der Waals surface area contributed by atoms with Gasteiger partial charge in [0.2, 0.25) is 5.91 Å². The molecule has 0 unspecified atom stereocenters. The first-order valence-electron chi connectivity index (χ1n) is 6.43. The number of para-hydroxylation sites is 1. The van der Waals surface area contributed by atoms with Gasteiger partial charge in [-0.05, 0) is 19.1 Å². The molecule has 4 nitrogen and oxygen atoms in total. The Kier molecular flexibility index (Phi) is 4.75. The average Bonchev–Trinajstić information content (AvgIpc) is 2.75. The van der Waals surface area contributed by atoms with Crippen LogP contribution in [0.4, 0.5) is 18.9 Å². The number of nitrogens with zero attached hydrogens (tertiary/aromatic N) is 2. The molecule has 22 heavy (non-hydrogen) atoms. The van der Waals surface area contributed by atoms with E-state index in [9.17, 15) is 18.0 Å². The van der Waals surface area contributed by atoms with Gasteiger partial charge in [0.25, 0.3) is 0 Å². The van der Waals surface area contributed by atoms with Crippen LogP contribution in [0, 0.1) is 6.92 Å². The van der Waals surface area contributed by atoms with Crippen molar-refractivity contribution in [3.8, 4) is 0 Å². The zero-order chi connectivity index (χ0) is 16.3. The number of alkyl halides is 3. The Morgan fingerprint density at radius 3 is 2.64 bits per heavy atom. The molecular formula is C14H13ClF3N3O.